The summed E-state index contributed by atoms with van der Waals surface area (Å²) in [4.78, 5) is 11.5. The third kappa shape index (κ3) is 3.69. The second-order valence-electron chi connectivity index (χ2n) is 7.70. The quantitative estimate of drug-likeness (QED) is 0.625. The molecule has 0 bridgehead atoms. The second-order valence-corrected chi connectivity index (χ2v) is 7.70. The molecule has 0 unspecified atom stereocenters. The summed E-state index contributed by atoms with van der Waals surface area (Å²) in [5.74, 6) is -0.320. The average Bonchev–Trinajstić information content (AvgIpc) is 2.83. The molecule has 136 valence electrons. The molecule has 3 rings (SSSR count). The number of methoxy groups -OCH3 is 1. The number of ether oxygens (including phenoxy) is 1. The van der Waals surface area contributed by atoms with Crippen molar-refractivity contribution in [2.75, 3.05) is 7.11 Å². The van der Waals surface area contributed by atoms with Gasteiger partial charge in [-0.2, -0.15) is 0 Å². The summed E-state index contributed by atoms with van der Waals surface area (Å²) >= 11 is 0. The van der Waals surface area contributed by atoms with Gasteiger partial charge >= 0.3 is 13.1 Å². The van der Waals surface area contributed by atoms with Crippen LogP contribution in [0, 0.1) is 0 Å². The Balaban J connectivity index is 1.75. The fraction of sp³-hybridized carbons (Fsp3) is 0.381. The molecule has 0 spiro atoms. The fourth-order valence-electron chi connectivity index (χ4n) is 2.94. The molecule has 26 heavy (non-hydrogen) atoms. The minimum absolute atomic E-state index is 0.320. The predicted octanol–water partition coefficient (Wildman–Crippen LogP) is 3.36. The van der Waals surface area contributed by atoms with Crippen molar-refractivity contribution in [3.8, 4) is 0 Å². The monoisotopic (exact) mass is 352 g/mol. The van der Waals surface area contributed by atoms with Crippen LogP contribution in [-0.2, 0) is 20.5 Å². The van der Waals surface area contributed by atoms with E-state index in [0.717, 1.165) is 17.4 Å². The Bertz CT molecular complexity index is 780. The van der Waals surface area contributed by atoms with Gasteiger partial charge in [0.05, 0.1) is 23.9 Å². The molecule has 0 aliphatic carbocycles. The Morgan fingerprint density at radius 3 is 2.15 bits per heavy atom. The molecule has 0 amide bonds. The van der Waals surface area contributed by atoms with Crippen LogP contribution in [0.5, 0.6) is 0 Å². The van der Waals surface area contributed by atoms with E-state index >= 15 is 0 Å². The summed E-state index contributed by atoms with van der Waals surface area (Å²) in [6.07, 6.45) is 0.773. The molecule has 2 aromatic rings. The number of hydrogen-bond acceptors (Lipinski definition) is 4. The van der Waals surface area contributed by atoms with Gasteiger partial charge in [0.2, 0.25) is 0 Å². The molecule has 0 atom stereocenters. The van der Waals surface area contributed by atoms with Crippen molar-refractivity contribution in [1.82, 2.24) is 0 Å². The zero-order valence-electron chi connectivity index (χ0n) is 16.0. The third-order valence-corrected chi connectivity index (χ3v) is 5.26. The van der Waals surface area contributed by atoms with Crippen LogP contribution in [-0.4, -0.2) is 31.4 Å². The average molecular weight is 352 g/mol. The summed E-state index contributed by atoms with van der Waals surface area (Å²) < 4.78 is 17.0. The molecule has 1 aliphatic rings. The number of carbonyl (C=O) groups is 1. The van der Waals surface area contributed by atoms with E-state index in [0.29, 0.717) is 5.56 Å². The fourth-order valence-corrected chi connectivity index (χ4v) is 2.94. The van der Waals surface area contributed by atoms with Gasteiger partial charge in [-0.15, -0.1) is 0 Å². The first-order chi connectivity index (χ1) is 12.2. The molecule has 2 aromatic carbocycles. The first-order valence-electron chi connectivity index (χ1n) is 8.83. The molecular weight excluding hydrogens is 327 g/mol. The summed E-state index contributed by atoms with van der Waals surface area (Å²) in [6.45, 7) is 8.22. The highest BCUT2D eigenvalue weighted by Gasteiger charge is 2.51. The van der Waals surface area contributed by atoms with Crippen LogP contribution >= 0.6 is 0 Å². The Hall–Kier alpha value is -2.11. The zero-order chi connectivity index (χ0) is 18.9. The van der Waals surface area contributed by atoms with E-state index in [1.165, 1.54) is 12.7 Å². The maximum absolute atomic E-state index is 11.5. The highest BCUT2D eigenvalue weighted by Crippen LogP contribution is 2.36. The minimum atomic E-state index is -0.360. The Morgan fingerprint density at radius 1 is 0.962 bits per heavy atom. The molecule has 1 saturated heterocycles. The molecule has 1 fully saturated rings. The summed E-state index contributed by atoms with van der Waals surface area (Å²) in [5, 5.41) is 0. The van der Waals surface area contributed by atoms with Crippen molar-refractivity contribution in [1.29, 1.82) is 0 Å². The lowest BCUT2D eigenvalue weighted by molar-refractivity contribution is 0.00578. The molecule has 0 radical (unpaired) electrons. The zero-order valence-corrected chi connectivity index (χ0v) is 16.0. The van der Waals surface area contributed by atoms with E-state index in [1.807, 2.05) is 24.3 Å². The lowest BCUT2D eigenvalue weighted by Crippen LogP contribution is -2.41. The minimum Gasteiger partial charge on any atom is -0.465 e. The molecule has 1 aliphatic heterocycles. The highest BCUT2D eigenvalue weighted by atomic mass is 16.7. The SMILES string of the molecule is COC(=O)c1ccc(Cc2cccc(B3OC(C)(C)C(C)(C)O3)c2)cc1. The molecule has 5 heteroatoms. The van der Waals surface area contributed by atoms with Crippen molar-refractivity contribution < 1.29 is 18.8 Å². The highest BCUT2D eigenvalue weighted by molar-refractivity contribution is 6.62. The number of rotatable bonds is 4. The number of hydrogen-bond donors (Lipinski definition) is 0. The summed E-state index contributed by atoms with van der Waals surface area (Å²) in [5.41, 5.74) is 3.18. The summed E-state index contributed by atoms with van der Waals surface area (Å²) in [7, 11) is 1.03. The standard InChI is InChI=1S/C21H25BO4/c1-20(2)21(3,4)26-22(25-20)18-8-6-7-16(14-18)13-15-9-11-17(12-10-15)19(23)24-5/h6-12,14H,13H2,1-5H3. The summed E-state index contributed by atoms with van der Waals surface area (Å²) in [6, 6.07) is 15.8. The van der Waals surface area contributed by atoms with Gasteiger partial charge in [0, 0.05) is 0 Å². The lowest BCUT2D eigenvalue weighted by atomic mass is 9.78. The lowest BCUT2D eigenvalue weighted by Gasteiger charge is -2.32. The van der Waals surface area contributed by atoms with Crippen LogP contribution in [0.25, 0.3) is 0 Å². The van der Waals surface area contributed by atoms with Gasteiger partial charge in [0.15, 0.2) is 0 Å². The van der Waals surface area contributed by atoms with E-state index < -0.39 is 0 Å². The predicted molar refractivity (Wildman–Crippen MR) is 103 cm³/mol. The molecule has 1 heterocycles. The van der Waals surface area contributed by atoms with Crippen LogP contribution < -0.4 is 5.46 Å². The molecule has 0 aromatic heterocycles. The number of carbonyl (C=O) groups excluding carboxylic acids is 1. The first-order valence-corrected chi connectivity index (χ1v) is 8.83. The van der Waals surface area contributed by atoms with Gasteiger partial charge in [-0.1, -0.05) is 36.4 Å². The molecular formula is C21H25BO4. The Kier molecular flexibility index (Phi) is 4.95. The Labute approximate surface area is 155 Å². The van der Waals surface area contributed by atoms with Gasteiger partial charge in [-0.25, -0.2) is 4.79 Å². The van der Waals surface area contributed by atoms with E-state index in [2.05, 4.69) is 39.8 Å². The largest absolute Gasteiger partial charge is 0.494 e. The van der Waals surface area contributed by atoms with Crippen molar-refractivity contribution in [2.24, 2.45) is 0 Å². The molecule has 0 saturated carbocycles. The van der Waals surface area contributed by atoms with E-state index in [1.54, 1.807) is 12.1 Å². The van der Waals surface area contributed by atoms with Crippen molar-refractivity contribution in [2.45, 2.75) is 45.3 Å². The van der Waals surface area contributed by atoms with Crippen molar-refractivity contribution in [3.63, 3.8) is 0 Å². The maximum Gasteiger partial charge on any atom is 0.494 e. The first kappa shape index (κ1) is 18.7. The van der Waals surface area contributed by atoms with Gasteiger partial charge < -0.3 is 14.0 Å². The van der Waals surface area contributed by atoms with E-state index in [4.69, 9.17) is 14.0 Å². The molecule has 0 N–H and O–H groups in total. The van der Waals surface area contributed by atoms with Crippen molar-refractivity contribution in [3.05, 3.63) is 65.2 Å². The van der Waals surface area contributed by atoms with Crippen LogP contribution in [0.2, 0.25) is 0 Å². The van der Waals surface area contributed by atoms with Crippen LogP contribution in [0.4, 0.5) is 0 Å². The third-order valence-electron chi connectivity index (χ3n) is 5.26. The Morgan fingerprint density at radius 2 is 1.58 bits per heavy atom. The van der Waals surface area contributed by atoms with E-state index in [-0.39, 0.29) is 24.3 Å². The second kappa shape index (κ2) is 6.90. The van der Waals surface area contributed by atoms with Crippen LogP contribution in [0.1, 0.15) is 49.2 Å². The maximum atomic E-state index is 11.5. The van der Waals surface area contributed by atoms with Gasteiger partial charge in [0.25, 0.3) is 0 Å². The van der Waals surface area contributed by atoms with E-state index in [9.17, 15) is 4.79 Å². The normalized spacial score (nSPS) is 18.0. The molecule has 4 nitrogen and oxygen atoms in total. The smallest absolute Gasteiger partial charge is 0.465 e. The van der Waals surface area contributed by atoms with Gasteiger partial charge in [-0.05, 0) is 62.8 Å². The van der Waals surface area contributed by atoms with Gasteiger partial charge in [0.1, 0.15) is 0 Å². The van der Waals surface area contributed by atoms with Gasteiger partial charge in [-0.3, -0.25) is 0 Å². The van der Waals surface area contributed by atoms with Crippen LogP contribution in [0.15, 0.2) is 48.5 Å². The topological polar surface area (TPSA) is 44.8 Å². The number of benzene rings is 2. The van der Waals surface area contributed by atoms with Crippen LogP contribution in [0.3, 0.4) is 0 Å². The van der Waals surface area contributed by atoms with Crippen molar-refractivity contribution >= 4 is 18.6 Å². The number of esters is 1.